The predicted molar refractivity (Wildman–Crippen MR) is 98.4 cm³/mol. The third kappa shape index (κ3) is 2.80. The molecule has 7 heteroatoms. The van der Waals surface area contributed by atoms with Gasteiger partial charge in [-0.25, -0.2) is 4.98 Å². The molecule has 2 N–H and O–H groups in total. The molecular formula is C18H19N3O3S. The number of esters is 1. The van der Waals surface area contributed by atoms with Crippen molar-refractivity contribution in [2.45, 2.75) is 19.8 Å². The minimum atomic E-state index is -0.709. The second-order valence-corrected chi connectivity index (χ2v) is 6.70. The lowest BCUT2D eigenvalue weighted by Crippen LogP contribution is -2.17. The third-order valence-corrected chi connectivity index (χ3v) is 5.49. The van der Waals surface area contributed by atoms with Gasteiger partial charge in [0.15, 0.2) is 5.13 Å². The second-order valence-electron chi connectivity index (χ2n) is 5.70. The molecule has 3 rings (SSSR count). The van der Waals surface area contributed by atoms with Crippen LogP contribution < -0.4 is 5.32 Å². The number of rotatable bonds is 4. The highest BCUT2D eigenvalue weighted by atomic mass is 32.1. The first-order valence-corrected chi connectivity index (χ1v) is 8.59. The van der Waals surface area contributed by atoms with Gasteiger partial charge in [-0.3, -0.25) is 9.78 Å². The van der Waals surface area contributed by atoms with E-state index in [2.05, 4.69) is 15.3 Å². The molecule has 6 nitrogen and oxygen atoms in total. The molecule has 0 spiro atoms. The Kier molecular flexibility index (Phi) is 4.59. The minimum absolute atomic E-state index is 0.173. The number of phenols is 1. The van der Waals surface area contributed by atoms with E-state index in [1.807, 2.05) is 13.0 Å². The number of nitrogens with zero attached hydrogens (tertiary/aromatic N) is 2. The highest BCUT2D eigenvalue weighted by Gasteiger charge is 2.31. The quantitative estimate of drug-likeness (QED) is 0.697. The van der Waals surface area contributed by atoms with Gasteiger partial charge in [-0.2, -0.15) is 0 Å². The summed E-state index contributed by atoms with van der Waals surface area (Å²) in [5.74, 6) is -0.953. The average molecular weight is 357 g/mol. The highest BCUT2D eigenvalue weighted by molar-refractivity contribution is 7.22. The summed E-state index contributed by atoms with van der Waals surface area (Å²) in [6.07, 6.45) is 3.28. The number of carbonyl (C=O) groups excluding carboxylic acids is 1. The van der Waals surface area contributed by atoms with Crippen molar-refractivity contribution < 1.29 is 14.6 Å². The van der Waals surface area contributed by atoms with Crippen LogP contribution in [0.2, 0.25) is 0 Å². The number of carbonyl (C=O) groups is 1. The van der Waals surface area contributed by atoms with Crippen LogP contribution in [-0.4, -0.2) is 35.2 Å². The summed E-state index contributed by atoms with van der Waals surface area (Å²) in [7, 11) is 3.14. The Morgan fingerprint density at radius 2 is 2.12 bits per heavy atom. The first-order valence-electron chi connectivity index (χ1n) is 7.77. The summed E-state index contributed by atoms with van der Waals surface area (Å²) in [6.45, 7) is 3.64. The monoisotopic (exact) mass is 357 g/mol. The number of aromatic hydroxyl groups is 1. The maximum absolute atomic E-state index is 12.6. The van der Waals surface area contributed by atoms with Gasteiger partial charge in [0.1, 0.15) is 11.7 Å². The lowest BCUT2D eigenvalue weighted by molar-refractivity contribution is -0.141. The van der Waals surface area contributed by atoms with Gasteiger partial charge >= 0.3 is 5.97 Å². The SMILES string of the molecule is CNc1nc2c([C@H](C(=O)OC)c3cccnc3)c(C)c(O)c(C)c2s1. The Balaban J connectivity index is 2.38. The largest absolute Gasteiger partial charge is 0.507 e. The fourth-order valence-electron chi connectivity index (χ4n) is 3.00. The average Bonchev–Trinajstić information content (AvgIpc) is 3.07. The molecule has 0 aliphatic heterocycles. The van der Waals surface area contributed by atoms with Gasteiger partial charge in [-0.05, 0) is 31.0 Å². The van der Waals surface area contributed by atoms with Crippen LogP contribution in [-0.2, 0) is 9.53 Å². The van der Waals surface area contributed by atoms with E-state index >= 15 is 0 Å². The smallest absolute Gasteiger partial charge is 0.317 e. The van der Waals surface area contributed by atoms with Crippen molar-refractivity contribution in [2.75, 3.05) is 19.5 Å². The zero-order valence-electron chi connectivity index (χ0n) is 14.5. The maximum atomic E-state index is 12.6. The normalized spacial score (nSPS) is 12.2. The molecule has 0 unspecified atom stereocenters. The highest BCUT2D eigenvalue weighted by Crippen LogP contribution is 2.43. The van der Waals surface area contributed by atoms with E-state index in [0.717, 1.165) is 15.4 Å². The van der Waals surface area contributed by atoms with Gasteiger partial charge in [0.05, 0.1) is 17.3 Å². The van der Waals surface area contributed by atoms with E-state index < -0.39 is 11.9 Å². The van der Waals surface area contributed by atoms with E-state index in [-0.39, 0.29) is 5.75 Å². The number of methoxy groups -OCH3 is 1. The first-order chi connectivity index (χ1) is 12.0. The van der Waals surface area contributed by atoms with Crippen molar-refractivity contribution in [3.63, 3.8) is 0 Å². The number of benzene rings is 1. The molecule has 0 radical (unpaired) electrons. The lowest BCUT2D eigenvalue weighted by Gasteiger charge is -2.19. The molecule has 0 aliphatic rings. The molecule has 0 fully saturated rings. The number of aryl methyl sites for hydroxylation is 1. The number of fused-ring (bicyclic) bond motifs is 1. The Bertz CT molecular complexity index is 938. The van der Waals surface area contributed by atoms with Crippen LogP contribution in [0.4, 0.5) is 5.13 Å². The maximum Gasteiger partial charge on any atom is 0.317 e. The fraction of sp³-hybridized carbons (Fsp3) is 0.278. The summed E-state index contributed by atoms with van der Waals surface area (Å²) < 4.78 is 5.89. The van der Waals surface area contributed by atoms with Gasteiger partial charge in [0.25, 0.3) is 0 Å². The molecule has 25 heavy (non-hydrogen) atoms. The molecule has 3 aromatic rings. The molecule has 1 atom stereocenters. The van der Waals surface area contributed by atoms with Crippen LogP contribution >= 0.6 is 11.3 Å². The number of phenolic OH excluding ortho intramolecular Hbond substituents is 1. The molecule has 2 heterocycles. The summed E-state index contributed by atoms with van der Waals surface area (Å²) in [5, 5.41) is 14.4. The predicted octanol–water partition coefficient (Wildman–Crippen LogP) is 3.36. The van der Waals surface area contributed by atoms with Crippen LogP contribution in [0.5, 0.6) is 5.75 Å². The molecule has 130 valence electrons. The van der Waals surface area contributed by atoms with Crippen molar-refractivity contribution in [2.24, 2.45) is 0 Å². The van der Waals surface area contributed by atoms with E-state index in [4.69, 9.17) is 4.74 Å². The summed E-state index contributed by atoms with van der Waals surface area (Å²) >= 11 is 1.44. The van der Waals surface area contributed by atoms with Gasteiger partial charge in [0.2, 0.25) is 0 Å². The molecular weight excluding hydrogens is 338 g/mol. The Hall–Kier alpha value is -2.67. The van der Waals surface area contributed by atoms with Crippen molar-refractivity contribution in [3.05, 3.63) is 46.8 Å². The van der Waals surface area contributed by atoms with Crippen LogP contribution in [0.3, 0.4) is 0 Å². The summed E-state index contributed by atoms with van der Waals surface area (Å²) in [4.78, 5) is 21.4. The van der Waals surface area contributed by atoms with Crippen LogP contribution in [0, 0.1) is 13.8 Å². The van der Waals surface area contributed by atoms with Gasteiger partial charge < -0.3 is 15.2 Å². The van der Waals surface area contributed by atoms with Gasteiger partial charge in [0, 0.05) is 30.6 Å². The molecule has 0 amide bonds. The molecule has 0 saturated carbocycles. The van der Waals surface area contributed by atoms with Crippen molar-refractivity contribution in [1.82, 2.24) is 9.97 Å². The molecule has 0 aliphatic carbocycles. The Morgan fingerprint density at radius 3 is 2.72 bits per heavy atom. The lowest BCUT2D eigenvalue weighted by atomic mass is 9.87. The number of pyridine rings is 1. The van der Waals surface area contributed by atoms with E-state index in [1.54, 1.807) is 32.4 Å². The number of thiazole rings is 1. The summed E-state index contributed by atoms with van der Waals surface area (Å²) in [6, 6.07) is 3.59. The Labute approximate surface area is 149 Å². The van der Waals surface area contributed by atoms with Crippen LogP contribution in [0.15, 0.2) is 24.5 Å². The second kappa shape index (κ2) is 6.68. The van der Waals surface area contributed by atoms with E-state index in [1.165, 1.54) is 18.4 Å². The molecule has 1 aromatic carbocycles. The summed E-state index contributed by atoms with van der Waals surface area (Å²) in [5.41, 5.74) is 3.42. The van der Waals surface area contributed by atoms with Gasteiger partial charge in [-0.15, -0.1) is 0 Å². The van der Waals surface area contributed by atoms with Crippen molar-refractivity contribution >= 4 is 32.7 Å². The number of anilines is 1. The fourth-order valence-corrected chi connectivity index (χ4v) is 3.93. The standard InChI is InChI=1S/C18H19N3O3S/c1-9-12(13(17(23)24-4)11-6-5-7-20-8-11)14-16(10(2)15(9)22)25-18(19-3)21-14/h5-8,13,22H,1-4H3,(H,19,21)/t13-/m1/s1. The zero-order chi connectivity index (χ0) is 18.1. The van der Waals surface area contributed by atoms with E-state index in [9.17, 15) is 9.90 Å². The number of ether oxygens (including phenoxy) is 1. The molecule has 2 aromatic heterocycles. The number of aromatic nitrogens is 2. The van der Waals surface area contributed by atoms with Crippen LogP contribution in [0.25, 0.3) is 10.2 Å². The van der Waals surface area contributed by atoms with Crippen molar-refractivity contribution in [3.8, 4) is 5.75 Å². The minimum Gasteiger partial charge on any atom is -0.507 e. The molecule has 0 bridgehead atoms. The van der Waals surface area contributed by atoms with Gasteiger partial charge in [-0.1, -0.05) is 17.4 Å². The van der Waals surface area contributed by atoms with E-state index in [0.29, 0.717) is 22.2 Å². The first kappa shape index (κ1) is 17.2. The zero-order valence-corrected chi connectivity index (χ0v) is 15.3. The number of hydrogen-bond acceptors (Lipinski definition) is 7. The Morgan fingerprint density at radius 1 is 1.36 bits per heavy atom. The number of hydrogen-bond donors (Lipinski definition) is 2. The van der Waals surface area contributed by atoms with Crippen LogP contribution in [0.1, 0.15) is 28.2 Å². The van der Waals surface area contributed by atoms with Crippen molar-refractivity contribution in [1.29, 1.82) is 0 Å². The third-order valence-electron chi connectivity index (χ3n) is 4.29. The molecule has 0 saturated heterocycles. The topological polar surface area (TPSA) is 84.3 Å². The number of nitrogens with one attached hydrogen (secondary N) is 1.